The minimum absolute atomic E-state index is 0. The van der Waals surface area contributed by atoms with Gasteiger partial charge in [0, 0.05) is 24.6 Å². The molecule has 0 radical (unpaired) electrons. The van der Waals surface area contributed by atoms with Gasteiger partial charge in [0.05, 0.1) is 14.2 Å². The SMILES string of the molecule is CN=C(NCCC(C)C)NCc1cc(OC)c(OC)cc1Br.I. The van der Waals surface area contributed by atoms with E-state index in [0.717, 1.165) is 29.0 Å². The van der Waals surface area contributed by atoms with Crippen molar-refractivity contribution in [2.45, 2.75) is 26.8 Å². The maximum absolute atomic E-state index is 5.34. The van der Waals surface area contributed by atoms with Crippen LogP contribution in [0.2, 0.25) is 0 Å². The second kappa shape index (κ2) is 11.8. The van der Waals surface area contributed by atoms with Crippen LogP contribution in [0.5, 0.6) is 11.5 Å². The zero-order valence-corrected chi connectivity index (χ0v) is 18.3. The lowest BCUT2D eigenvalue weighted by molar-refractivity contribution is 0.354. The van der Waals surface area contributed by atoms with Gasteiger partial charge in [0.2, 0.25) is 0 Å². The molecule has 0 saturated heterocycles. The predicted molar refractivity (Wildman–Crippen MR) is 110 cm³/mol. The predicted octanol–water partition coefficient (Wildman–Crippen LogP) is 3.80. The average Bonchev–Trinajstić information content (AvgIpc) is 2.50. The van der Waals surface area contributed by atoms with Crippen LogP contribution in [-0.2, 0) is 6.54 Å². The summed E-state index contributed by atoms with van der Waals surface area (Å²) in [5, 5.41) is 6.61. The third-order valence-electron chi connectivity index (χ3n) is 3.24. The fourth-order valence-corrected chi connectivity index (χ4v) is 2.37. The van der Waals surface area contributed by atoms with Crippen molar-refractivity contribution < 1.29 is 9.47 Å². The molecular weight excluding hydrogens is 473 g/mol. The van der Waals surface area contributed by atoms with Crippen molar-refractivity contribution in [2.24, 2.45) is 10.9 Å². The number of ether oxygens (including phenoxy) is 2. The fraction of sp³-hybridized carbons (Fsp3) is 0.562. The summed E-state index contributed by atoms with van der Waals surface area (Å²) >= 11 is 3.56. The molecule has 0 aliphatic carbocycles. The van der Waals surface area contributed by atoms with E-state index in [4.69, 9.17) is 9.47 Å². The molecule has 1 rings (SSSR count). The van der Waals surface area contributed by atoms with Crippen LogP contribution in [0.25, 0.3) is 0 Å². The van der Waals surface area contributed by atoms with E-state index in [-0.39, 0.29) is 24.0 Å². The molecule has 2 N–H and O–H groups in total. The first-order valence-corrected chi connectivity index (χ1v) is 8.16. The summed E-state index contributed by atoms with van der Waals surface area (Å²) in [5.41, 5.74) is 1.07. The maximum atomic E-state index is 5.34. The molecule has 7 heteroatoms. The Morgan fingerprint density at radius 3 is 2.30 bits per heavy atom. The van der Waals surface area contributed by atoms with E-state index >= 15 is 0 Å². The van der Waals surface area contributed by atoms with Gasteiger partial charge >= 0.3 is 0 Å². The molecule has 0 aliphatic heterocycles. The molecule has 0 spiro atoms. The Hall–Kier alpha value is -0.700. The van der Waals surface area contributed by atoms with Crippen molar-refractivity contribution in [1.82, 2.24) is 10.6 Å². The Morgan fingerprint density at radius 2 is 1.78 bits per heavy atom. The zero-order valence-electron chi connectivity index (χ0n) is 14.4. The van der Waals surface area contributed by atoms with Crippen LogP contribution in [0.15, 0.2) is 21.6 Å². The Balaban J connectivity index is 0.00000484. The molecule has 0 unspecified atom stereocenters. The number of halogens is 2. The summed E-state index contributed by atoms with van der Waals surface area (Å²) in [7, 11) is 5.03. The van der Waals surface area contributed by atoms with E-state index in [1.165, 1.54) is 0 Å². The van der Waals surface area contributed by atoms with Crippen molar-refractivity contribution in [3.05, 3.63) is 22.2 Å². The summed E-state index contributed by atoms with van der Waals surface area (Å²) < 4.78 is 11.6. The van der Waals surface area contributed by atoms with Gasteiger partial charge in [0.1, 0.15) is 0 Å². The number of rotatable bonds is 7. The van der Waals surface area contributed by atoms with E-state index < -0.39 is 0 Å². The molecular formula is C16H27BrIN3O2. The van der Waals surface area contributed by atoms with Gasteiger partial charge < -0.3 is 20.1 Å². The quantitative estimate of drug-likeness (QED) is 0.340. The highest BCUT2D eigenvalue weighted by molar-refractivity contribution is 14.0. The number of aliphatic imine (C=N–C) groups is 1. The molecule has 23 heavy (non-hydrogen) atoms. The molecule has 0 saturated carbocycles. The fourth-order valence-electron chi connectivity index (χ4n) is 1.91. The third-order valence-corrected chi connectivity index (χ3v) is 3.97. The minimum Gasteiger partial charge on any atom is -0.493 e. The monoisotopic (exact) mass is 499 g/mol. The third kappa shape index (κ3) is 7.60. The number of benzene rings is 1. The molecule has 132 valence electrons. The second-order valence-corrected chi connectivity index (χ2v) is 6.19. The van der Waals surface area contributed by atoms with Gasteiger partial charge in [-0.05, 0) is 30.0 Å². The largest absolute Gasteiger partial charge is 0.493 e. The molecule has 0 atom stereocenters. The lowest BCUT2D eigenvalue weighted by Crippen LogP contribution is -2.37. The van der Waals surface area contributed by atoms with Gasteiger partial charge in [0.15, 0.2) is 17.5 Å². The van der Waals surface area contributed by atoms with Crippen LogP contribution in [0.3, 0.4) is 0 Å². The lowest BCUT2D eigenvalue weighted by Gasteiger charge is -2.15. The summed E-state index contributed by atoms with van der Waals surface area (Å²) in [6.45, 7) is 5.96. The smallest absolute Gasteiger partial charge is 0.191 e. The summed E-state index contributed by atoms with van der Waals surface area (Å²) in [6.07, 6.45) is 1.11. The van der Waals surface area contributed by atoms with Crippen LogP contribution in [0.4, 0.5) is 0 Å². The van der Waals surface area contributed by atoms with Crippen LogP contribution < -0.4 is 20.1 Å². The first-order chi connectivity index (χ1) is 10.5. The van der Waals surface area contributed by atoms with Crippen LogP contribution in [0, 0.1) is 5.92 Å². The first-order valence-electron chi connectivity index (χ1n) is 7.36. The highest BCUT2D eigenvalue weighted by atomic mass is 127. The maximum Gasteiger partial charge on any atom is 0.191 e. The normalized spacial score (nSPS) is 11.0. The molecule has 5 nitrogen and oxygen atoms in total. The number of hydrogen-bond donors (Lipinski definition) is 2. The van der Waals surface area contributed by atoms with Crippen LogP contribution in [-0.4, -0.2) is 33.8 Å². The van der Waals surface area contributed by atoms with Crippen molar-refractivity contribution in [3.63, 3.8) is 0 Å². The standard InChI is InChI=1S/C16H26BrN3O2.HI/c1-11(2)6-7-19-16(18-3)20-10-12-8-14(21-4)15(22-5)9-13(12)17;/h8-9,11H,6-7,10H2,1-5H3,(H2,18,19,20);1H. The topological polar surface area (TPSA) is 54.9 Å². The van der Waals surface area contributed by atoms with Gasteiger partial charge in [-0.1, -0.05) is 29.8 Å². The van der Waals surface area contributed by atoms with Crippen molar-refractivity contribution >= 4 is 45.9 Å². The van der Waals surface area contributed by atoms with E-state index in [1.54, 1.807) is 21.3 Å². The highest BCUT2D eigenvalue weighted by Crippen LogP contribution is 2.33. The molecule has 0 aromatic heterocycles. The van der Waals surface area contributed by atoms with E-state index in [9.17, 15) is 0 Å². The van der Waals surface area contributed by atoms with Crippen LogP contribution >= 0.6 is 39.9 Å². The molecule has 0 bridgehead atoms. The van der Waals surface area contributed by atoms with Crippen LogP contribution in [0.1, 0.15) is 25.8 Å². The summed E-state index contributed by atoms with van der Waals surface area (Å²) in [5.74, 6) is 2.88. The molecule has 0 fully saturated rings. The number of guanidine groups is 1. The molecule has 1 aromatic rings. The van der Waals surface area contributed by atoms with Crippen molar-refractivity contribution in [1.29, 1.82) is 0 Å². The number of hydrogen-bond acceptors (Lipinski definition) is 3. The van der Waals surface area contributed by atoms with Gasteiger partial charge in [-0.2, -0.15) is 0 Å². The average molecular weight is 500 g/mol. The molecule has 0 amide bonds. The van der Waals surface area contributed by atoms with E-state index in [0.29, 0.717) is 24.0 Å². The highest BCUT2D eigenvalue weighted by Gasteiger charge is 2.10. The minimum atomic E-state index is 0. The summed E-state index contributed by atoms with van der Waals surface area (Å²) in [4.78, 5) is 4.23. The molecule has 0 heterocycles. The Bertz CT molecular complexity index is 510. The number of methoxy groups -OCH3 is 2. The Morgan fingerprint density at radius 1 is 1.17 bits per heavy atom. The Kier molecular flexibility index (Phi) is 11.4. The Labute approximate surface area is 164 Å². The van der Waals surface area contributed by atoms with E-state index in [2.05, 4.69) is 45.4 Å². The number of nitrogens with zero attached hydrogens (tertiary/aromatic N) is 1. The van der Waals surface area contributed by atoms with Gasteiger partial charge in [-0.15, -0.1) is 24.0 Å². The summed E-state index contributed by atoms with van der Waals surface area (Å²) in [6, 6.07) is 3.86. The molecule has 0 aliphatic rings. The van der Waals surface area contributed by atoms with E-state index in [1.807, 2.05) is 12.1 Å². The first kappa shape index (κ1) is 22.3. The van der Waals surface area contributed by atoms with Gasteiger partial charge in [-0.25, -0.2) is 0 Å². The lowest BCUT2D eigenvalue weighted by atomic mass is 10.1. The zero-order chi connectivity index (χ0) is 16.5. The second-order valence-electron chi connectivity index (χ2n) is 5.33. The van der Waals surface area contributed by atoms with Crippen molar-refractivity contribution in [2.75, 3.05) is 27.8 Å². The van der Waals surface area contributed by atoms with Gasteiger partial charge in [-0.3, -0.25) is 4.99 Å². The molecule has 1 aromatic carbocycles. The van der Waals surface area contributed by atoms with Crippen molar-refractivity contribution in [3.8, 4) is 11.5 Å². The number of nitrogens with one attached hydrogen (secondary N) is 2. The van der Waals surface area contributed by atoms with Gasteiger partial charge in [0.25, 0.3) is 0 Å².